The highest BCUT2D eigenvalue weighted by molar-refractivity contribution is 7.09. The first-order valence-corrected chi connectivity index (χ1v) is 17.6. The quantitative estimate of drug-likeness (QED) is 0.258. The molecule has 1 aromatic rings. The number of ketones is 1. The third-order valence-corrected chi connectivity index (χ3v) is 12.1. The zero-order chi connectivity index (χ0) is 36.6. The third kappa shape index (κ3) is 7.19. The van der Waals surface area contributed by atoms with Crippen LogP contribution in [0.4, 0.5) is 0 Å². The largest absolute Gasteiger partial charge is 0.392 e. The number of Topliss-reactive ketones (excluding diaryl/α,β-unsaturated/α-hetero) is 1. The molecule has 2 aliphatic heterocycles. The monoisotopic (exact) mass is 636 g/mol. The Bertz CT molecular complexity index is 1330. The lowest BCUT2D eigenvalue weighted by Crippen LogP contribution is -2.55. The van der Waals surface area contributed by atoms with Gasteiger partial charge in [-0.3, -0.25) is 9.59 Å². The number of fused-ring (bicyclic) bond motifs is 1. The number of ether oxygens (including phenoxy) is 1. The van der Waals surface area contributed by atoms with Gasteiger partial charge in [0.15, 0.2) is 0 Å². The summed E-state index contributed by atoms with van der Waals surface area (Å²) in [6.45, 7) is 20.2. The lowest BCUT2D eigenvalue weighted by atomic mass is 9.63. The van der Waals surface area contributed by atoms with E-state index in [2.05, 4.69) is 17.2 Å². The summed E-state index contributed by atoms with van der Waals surface area (Å²) in [5, 5.41) is 22.8. The normalized spacial score (nSPS) is 40.0. The number of thiazole rings is 1. The van der Waals surface area contributed by atoms with Crippen molar-refractivity contribution in [2.45, 2.75) is 156 Å². The molecule has 9 atom stereocenters. The summed E-state index contributed by atoms with van der Waals surface area (Å²) < 4.78 is 41.6. The van der Waals surface area contributed by atoms with E-state index in [0.29, 0.717) is 25.0 Å². The number of nitrogens with zero attached hydrogens (tertiary/aromatic N) is 1. The Morgan fingerprint density at radius 2 is 1.93 bits per heavy atom. The lowest BCUT2D eigenvalue weighted by molar-refractivity contribution is -0.153. The van der Waals surface area contributed by atoms with Gasteiger partial charge in [0.1, 0.15) is 5.78 Å². The standard InChI is InChI=1S/C36H60N2O5S/c1-12-25-16-15-17-36(14-3)34(10,43-36)19-28(26(13-2)18-27-20-44-33(37-27)21(4)5)38-32(42)24(9)31(41)35(11,22(6)7)30(40)23(8)29(25)39/h18,20-25,28-29,31,39,41H,12-17,19H2,1-11H3,(H,38,42)/b26-18+/t23-,24?,25+,28+,29-,31+,34+,35?,36-/m1/s1/i13D2,18D,39D. The topological polar surface area (TPSA) is 112 Å². The highest BCUT2D eigenvalue weighted by atomic mass is 32.1. The molecule has 2 fully saturated rings. The van der Waals surface area contributed by atoms with Crippen molar-refractivity contribution in [3.8, 4) is 0 Å². The zero-order valence-corrected chi connectivity index (χ0v) is 29.7. The summed E-state index contributed by atoms with van der Waals surface area (Å²) in [6.07, 6.45) is -0.243. The number of hydrogen-bond acceptors (Lipinski definition) is 7. The zero-order valence-electron chi connectivity index (χ0n) is 32.9. The van der Waals surface area contributed by atoms with Crippen LogP contribution in [0.1, 0.15) is 142 Å². The van der Waals surface area contributed by atoms with E-state index in [1.165, 1.54) is 18.3 Å². The van der Waals surface area contributed by atoms with Crippen LogP contribution in [0.3, 0.4) is 0 Å². The van der Waals surface area contributed by atoms with Gasteiger partial charge in [0, 0.05) is 26.4 Å². The van der Waals surface area contributed by atoms with Crippen LogP contribution in [0.25, 0.3) is 6.05 Å². The van der Waals surface area contributed by atoms with Crippen molar-refractivity contribution in [2.75, 3.05) is 0 Å². The molecule has 2 saturated heterocycles. The second kappa shape index (κ2) is 14.4. The maximum atomic E-state index is 14.3. The van der Waals surface area contributed by atoms with Crippen molar-refractivity contribution in [1.82, 2.24) is 10.3 Å². The Balaban J connectivity index is 2.21. The lowest BCUT2D eigenvalue weighted by Gasteiger charge is -2.42. The Kier molecular flexibility index (Phi) is 10.2. The van der Waals surface area contributed by atoms with E-state index in [9.17, 15) is 16.1 Å². The van der Waals surface area contributed by atoms with Crippen molar-refractivity contribution in [1.29, 1.82) is 1.43 Å². The molecule has 1 amide bonds. The van der Waals surface area contributed by atoms with E-state index in [-0.39, 0.29) is 41.6 Å². The molecule has 44 heavy (non-hydrogen) atoms. The number of aliphatic hydroxyl groups is 2. The molecule has 250 valence electrons. The molecule has 0 bridgehead atoms. The van der Waals surface area contributed by atoms with Crippen molar-refractivity contribution < 1.29 is 28.7 Å². The first-order chi connectivity index (χ1) is 22.1. The molecule has 0 spiro atoms. The molecule has 7 nitrogen and oxygen atoms in total. The second-order valence-corrected chi connectivity index (χ2v) is 15.2. The van der Waals surface area contributed by atoms with Crippen LogP contribution in [-0.4, -0.2) is 57.8 Å². The van der Waals surface area contributed by atoms with Gasteiger partial charge in [-0.25, -0.2) is 4.98 Å². The van der Waals surface area contributed by atoms with Gasteiger partial charge in [-0.15, -0.1) is 11.3 Å². The number of epoxide rings is 1. The fourth-order valence-electron chi connectivity index (χ4n) is 7.29. The summed E-state index contributed by atoms with van der Waals surface area (Å²) >= 11 is 1.42. The highest BCUT2D eigenvalue weighted by Gasteiger charge is 2.65. The number of aromatic nitrogens is 1. The first kappa shape index (κ1) is 31.0. The number of carbonyl (C=O) groups is 2. The maximum absolute atomic E-state index is 14.3. The summed E-state index contributed by atoms with van der Waals surface area (Å²) in [4.78, 5) is 33.2. The molecule has 0 aromatic carbocycles. The van der Waals surface area contributed by atoms with Gasteiger partial charge in [0.2, 0.25) is 7.34 Å². The van der Waals surface area contributed by atoms with E-state index >= 15 is 0 Å². The summed E-state index contributed by atoms with van der Waals surface area (Å²) in [7, 11) is 0. The molecule has 0 saturated carbocycles. The molecule has 0 aliphatic carbocycles. The van der Waals surface area contributed by atoms with Gasteiger partial charge in [0.25, 0.3) is 0 Å². The van der Waals surface area contributed by atoms with Gasteiger partial charge >= 0.3 is 0 Å². The smallest absolute Gasteiger partial charge is 0.225 e. The number of rotatable bonds is 8. The number of nitrogens with one attached hydrogen (secondary N) is 1. The van der Waals surface area contributed by atoms with E-state index in [1.807, 2.05) is 41.5 Å². The van der Waals surface area contributed by atoms with E-state index < -0.39 is 59.0 Å². The minimum Gasteiger partial charge on any atom is -0.392 e. The number of aliphatic hydroxyl groups excluding tert-OH is 2. The summed E-state index contributed by atoms with van der Waals surface area (Å²) in [6, 6.07) is -1.02. The van der Waals surface area contributed by atoms with E-state index in [4.69, 9.17) is 14.0 Å². The van der Waals surface area contributed by atoms with Gasteiger partial charge in [0.05, 0.1) is 52.9 Å². The van der Waals surface area contributed by atoms with Crippen molar-refractivity contribution in [2.24, 2.45) is 29.1 Å². The van der Waals surface area contributed by atoms with Crippen LogP contribution < -0.4 is 5.32 Å². The van der Waals surface area contributed by atoms with Crippen LogP contribution >= 0.6 is 11.3 Å². The minimum absolute atomic E-state index is 0.0723. The van der Waals surface area contributed by atoms with Gasteiger partial charge in [-0.05, 0) is 62.9 Å². The molecular weight excluding hydrogens is 572 g/mol. The number of amides is 1. The van der Waals surface area contributed by atoms with Crippen LogP contribution in [0.2, 0.25) is 0 Å². The minimum atomic E-state index is -2.00. The van der Waals surface area contributed by atoms with E-state index in [1.54, 1.807) is 26.2 Å². The Morgan fingerprint density at radius 3 is 2.45 bits per heavy atom. The summed E-state index contributed by atoms with van der Waals surface area (Å²) in [5.74, 6) is -2.84. The van der Waals surface area contributed by atoms with Crippen LogP contribution in [0.5, 0.6) is 0 Å². The molecule has 1 aromatic heterocycles. The van der Waals surface area contributed by atoms with Gasteiger partial charge in [-0.1, -0.05) is 75.2 Å². The SMILES string of the molecule is [2H]O[C@H]1[C@@H](CC)CCC[C@@]2(CC)O[C@@]2(C)C[C@@H](/C(=C(\[2H])c2csc(C(C)C)n2)C([2H])([2H])C)NC(=O)C(C)[C@H](O)C(C)(C(C)C)C(=O)[C@@H]1C. The molecule has 2 aliphatic rings. The van der Waals surface area contributed by atoms with Crippen molar-refractivity contribution >= 4 is 29.1 Å². The fraction of sp³-hybridized carbons (Fsp3) is 0.806. The molecule has 0 radical (unpaired) electrons. The average Bonchev–Trinajstić information content (AvgIpc) is 3.32. The Labute approximate surface area is 276 Å². The van der Waals surface area contributed by atoms with Crippen LogP contribution in [0, 0.1) is 29.1 Å². The molecule has 3 N–H and O–H groups in total. The summed E-state index contributed by atoms with van der Waals surface area (Å²) in [5.41, 5.74) is -2.13. The Morgan fingerprint density at radius 1 is 1.25 bits per heavy atom. The maximum Gasteiger partial charge on any atom is 0.225 e. The predicted octanol–water partition coefficient (Wildman–Crippen LogP) is 7.31. The van der Waals surface area contributed by atoms with Crippen molar-refractivity contribution in [3.05, 3.63) is 21.7 Å². The molecular formula is C36H60N2O5S. The molecule has 3 heterocycles. The number of hydrogen-bond donors (Lipinski definition) is 3. The third-order valence-electron chi connectivity index (χ3n) is 11.0. The van der Waals surface area contributed by atoms with E-state index in [0.717, 1.165) is 17.8 Å². The van der Waals surface area contributed by atoms with Gasteiger partial charge < -0.3 is 20.3 Å². The average molecular weight is 637 g/mol. The van der Waals surface area contributed by atoms with Gasteiger partial charge in [-0.2, -0.15) is 0 Å². The molecule has 2 unspecified atom stereocenters. The van der Waals surface area contributed by atoms with Crippen LogP contribution in [0.15, 0.2) is 11.0 Å². The first-order valence-electron chi connectivity index (χ1n) is 18.6. The van der Waals surface area contributed by atoms with Crippen LogP contribution in [-0.2, 0) is 14.3 Å². The predicted molar refractivity (Wildman–Crippen MR) is 179 cm³/mol. The van der Waals surface area contributed by atoms with Crippen molar-refractivity contribution in [3.63, 3.8) is 0 Å². The molecule has 3 rings (SSSR count). The number of carbonyl (C=O) groups excluding carboxylic acids is 2. The molecule has 8 heteroatoms. The highest BCUT2D eigenvalue weighted by Crippen LogP contribution is 2.57. The fourth-order valence-corrected chi connectivity index (χ4v) is 8.06. The second-order valence-electron chi connectivity index (χ2n) is 14.3. The Hall–Kier alpha value is -1.61.